The maximum absolute atomic E-state index is 13.2. The van der Waals surface area contributed by atoms with E-state index in [0.717, 1.165) is 34.4 Å². The minimum atomic E-state index is -0.442. The normalized spacial score (nSPS) is 11.6. The molecule has 2 rings (SSSR count). The van der Waals surface area contributed by atoms with Crippen molar-refractivity contribution in [3.8, 4) is 11.1 Å². The van der Waals surface area contributed by atoms with Gasteiger partial charge >= 0.3 is 0 Å². The fraction of sp³-hybridized carbons (Fsp3) is 0.462. The van der Waals surface area contributed by atoms with Crippen LogP contribution in [0.5, 0.6) is 0 Å². The second-order valence-electron chi connectivity index (χ2n) is 9.75. The number of nitrogens with two attached hydrogens (primary N) is 1. The highest BCUT2D eigenvalue weighted by atomic mass is 16.2. The SMILES string of the molecule is Cc1ccc(-c2c([CH]C(C)(C)C)c(CC(C)C)nc(C)c2C(=O)NCCC(N)=O)cc1. The summed E-state index contributed by atoms with van der Waals surface area (Å²) in [4.78, 5) is 29.2. The van der Waals surface area contributed by atoms with Gasteiger partial charge in [-0.15, -0.1) is 0 Å². The van der Waals surface area contributed by atoms with Crippen LogP contribution in [-0.4, -0.2) is 23.3 Å². The number of hydrogen-bond acceptors (Lipinski definition) is 3. The van der Waals surface area contributed by atoms with Crippen molar-refractivity contribution in [1.82, 2.24) is 10.3 Å². The van der Waals surface area contributed by atoms with Crippen molar-refractivity contribution < 1.29 is 9.59 Å². The third kappa shape index (κ3) is 6.91. The molecule has 2 amide bonds. The molecule has 1 aromatic carbocycles. The van der Waals surface area contributed by atoms with E-state index in [1.54, 1.807) is 0 Å². The topological polar surface area (TPSA) is 85.1 Å². The van der Waals surface area contributed by atoms with Gasteiger partial charge in [-0.2, -0.15) is 0 Å². The van der Waals surface area contributed by atoms with E-state index in [4.69, 9.17) is 10.7 Å². The van der Waals surface area contributed by atoms with Crippen molar-refractivity contribution in [3.63, 3.8) is 0 Å². The summed E-state index contributed by atoms with van der Waals surface area (Å²) in [6.45, 7) is 14.9. The van der Waals surface area contributed by atoms with Crippen molar-refractivity contribution in [3.05, 3.63) is 58.8 Å². The standard InChI is InChI=1S/C26H36N3O2/c1-16(2)14-21-20(15-26(5,6)7)24(19-10-8-17(3)9-11-19)23(18(4)29-21)25(31)28-13-12-22(27)30/h8-11,15-16H,12-14H2,1-7H3,(H2,27,30)(H,28,31). The van der Waals surface area contributed by atoms with Gasteiger partial charge in [0.15, 0.2) is 0 Å². The predicted molar refractivity (Wildman–Crippen MR) is 127 cm³/mol. The van der Waals surface area contributed by atoms with E-state index >= 15 is 0 Å². The molecule has 5 heteroatoms. The van der Waals surface area contributed by atoms with Gasteiger partial charge in [0, 0.05) is 24.2 Å². The van der Waals surface area contributed by atoms with Crippen LogP contribution in [0.2, 0.25) is 0 Å². The third-order valence-electron chi connectivity index (χ3n) is 4.90. The average Bonchev–Trinajstić information content (AvgIpc) is 2.62. The quantitative estimate of drug-likeness (QED) is 0.643. The van der Waals surface area contributed by atoms with Gasteiger partial charge < -0.3 is 11.1 Å². The number of aromatic nitrogens is 1. The monoisotopic (exact) mass is 422 g/mol. The minimum absolute atomic E-state index is 0.0954. The van der Waals surface area contributed by atoms with Gasteiger partial charge in [0.1, 0.15) is 0 Å². The van der Waals surface area contributed by atoms with Crippen LogP contribution in [0.25, 0.3) is 11.1 Å². The van der Waals surface area contributed by atoms with E-state index in [2.05, 4.69) is 70.6 Å². The Morgan fingerprint density at radius 3 is 2.26 bits per heavy atom. The average molecular weight is 423 g/mol. The highest BCUT2D eigenvalue weighted by Crippen LogP contribution is 2.37. The fourth-order valence-electron chi connectivity index (χ4n) is 3.59. The van der Waals surface area contributed by atoms with Crippen LogP contribution in [0.1, 0.15) is 73.9 Å². The number of primary amides is 1. The van der Waals surface area contributed by atoms with Crippen LogP contribution in [0, 0.1) is 31.6 Å². The van der Waals surface area contributed by atoms with Gasteiger partial charge in [-0.05, 0) is 49.1 Å². The van der Waals surface area contributed by atoms with Crippen LogP contribution in [-0.2, 0) is 11.2 Å². The maximum Gasteiger partial charge on any atom is 0.253 e. The second-order valence-corrected chi connectivity index (χ2v) is 9.75. The van der Waals surface area contributed by atoms with Crippen molar-refractivity contribution in [1.29, 1.82) is 0 Å². The third-order valence-corrected chi connectivity index (χ3v) is 4.90. The highest BCUT2D eigenvalue weighted by molar-refractivity contribution is 6.03. The summed E-state index contributed by atoms with van der Waals surface area (Å²) >= 11 is 0. The van der Waals surface area contributed by atoms with Crippen LogP contribution in [0.15, 0.2) is 24.3 Å². The lowest BCUT2D eigenvalue weighted by Crippen LogP contribution is -2.30. The molecule has 167 valence electrons. The predicted octanol–water partition coefficient (Wildman–Crippen LogP) is 4.77. The molecule has 0 aliphatic carbocycles. The molecule has 0 aliphatic heterocycles. The molecule has 0 saturated heterocycles. The van der Waals surface area contributed by atoms with E-state index in [1.165, 1.54) is 0 Å². The molecule has 0 fully saturated rings. The Balaban J connectivity index is 2.75. The first kappa shape index (κ1) is 24.6. The maximum atomic E-state index is 13.2. The van der Waals surface area contributed by atoms with Gasteiger partial charge in [-0.3, -0.25) is 14.6 Å². The number of rotatable bonds is 8. The first-order valence-corrected chi connectivity index (χ1v) is 10.9. The summed E-state index contributed by atoms with van der Waals surface area (Å²) in [6.07, 6.45) is 3.14. The van der Waals surface area contributed by atoms with Crippen LogP contribution in [0.3, 0.4) is 0 Å². The summed E-state index contributed by atoms with van der Waals surface area (Å²) in [5.74, 6) is -0.246. The van der Waals surface area contributed by atoms with E-state index in [0.29, 0.717) is 17.2 Å². The van der Waals surface area contributed by atoms with Crippen molar-refractivity contribution in [2.75, 3.05) is 6.54 Å². The lowest BCUT2D eigenvalue weighted by Gasteiger charge is -2.26. The number of pyridine rings is 1. The number of nitrogens with zero attached hydrogens (tertiary/aromatic N) is 1. The summed E-state index contributed by atoms with van der Waals surface area (Å²) in [5, 5.41) is 2.85. The first-order valence-electron chi connectivity index (χ1n) is 10.9. The highest BCUT2D eigenvalue weighted by Gasteiger charge is 2.27. The van der Waals surface area contributed by atoms with Gasteiger partial charge in [0.05, 0.1) is 11.3 Å². The van der Waals surface area contributed by atoms with Gasteiger partial charge in [-0.1, -0.05) is 64.4 Å². The summed E-state index contributed by atoms with van der Waals surface area (Å²) in [7, 11) is 0. The van der Waals surface area contributed by atoms with E-state index < -0.39 is 5.91 Å². The lowest BCUT2D eigenvalue weighted by molar-refractivity contribution is -0.117. The molecule has 1 aromatic heterocycles. The molecule has 1 heterocycles. The lowest BCUT2D eigenvalue weighted by atomic mass is 9.80. The van der Waals surface area contributed by atoms with Crippen molar-refractivity contribution >= 4 is 11.8 Å². The van der Waals surface area contributed by atoms with E-state index in [1.807, 2.05) is 13.8 Å². The fourth-order valence-corrected chi connectivity index (χ4v) is 3.59. The minimum Gasteiger partial charge on any atom is -0.370 e. The Morgan fingerprint density at radius 2 is 1.74 bits per heavy atom. The van der Waals surface area contributed by atoms with Gasteiger partial charge in [0.25, 0.3) is 5.91 Å². The van der Waals surface area contributed by atoms with E-state index in [9.17, 15) is 9.59 Å². The Bertz CT molecular complexity index is 939. The molecule has 0 saturated carbocycles. The van der Waals surface area contributed by atoms with Crippen LogP contribution in [0.4, 0.5) is 0 Å². The molecule has 5 nitrogen and oxygen atoms in total. The number of nitrogens with one attached hydrogen (secondary N) is 1. The molecule has 3 N–H and O–H groups in total. The second kappa shape index (κ2) is 10.1. The van der Waals surface area contributed by atoms with Crippen LogP contribution >= 0.6 is 0 Å². The molecule has 2 aromatic rings. The Kier molecular flexibility index (Phi) is 7.99. The molecule has 0 aliphatic rings. The van der Waals surface area contributed by atoms with Crippen LogP contribution < -0.4 is 11.1 Å². The summed E-state index contributed by atoms with van der Waals surface area (Å²) in [5.41, 5.74) is 11.4. The van der Waals surface area contributed by atoms with E-state index in [-0.39, 0.29) is 24.3 Å². The zero-order valence-corrected chi connectivity index (χ0v) is 19.9. The zero-order chi connectivity index (χ0) is 23.3. The van der Waals surface area contributed by atoms with Crippen molar-refractivity contribution in [2.45, 2.75) is 61.3 Å². The number of hydrogen-bond donors (Lipinski definition) is 2. The molecular weight excluding hydrogens is 386 g/mol. The Labute approximate surface area is 186 Å². The Morgan fingerprint density at radius 1 is 1.13 bits per heavy atom. The molecule has 0 bridgehead atoms. The summed E-state index contributed by atoms with van der Waals surface area (Å²) in [6, 6.07) is 8.23. The molecule has 0 unspecified atom stereocenters. The molecule has 0 spiro atoms. The van der Waals surface area contributed by atoms with Gasteiger partial charge in [-0.25, -0.2) is 0 Å². The number of amides is 2. The zero-order valence-electron chi connectivity index (χ0n) is 19.9. The number of benzene rings is 1. The smallest absolute Gasteiger partial charge is 0.253 e. The molecule has 0 atom stereocenters. The van der Waals surface area contributed by atoms with Gasteiger partial charge in [0.2, 0.25) is 5.91 Å². The number of aryl methyl sites for hydroxylation is 2. The number of carbonyl (C=O) groups is 2. The largest absolute Gasteiger partial charge is 0.370 e. The molecular formula is C26H36N3O2. The number of carbonyl (C=O) groups excluding carboxylic acids is 2. The molecule has 1 radical (unpaired) electrons. The first-order chi connectivity index (χ1) is 14.4. The summed E-state index contributed by atoms with van der Waals surface area (Å²) < 4.78 is 0. The van der Waals surface area contributed by atoms with Crippen molar-refractivity contribution in [2.24, 2.45) is 17.1 Å². The molecule has 31 heavy (non-hydrogen) atoms. The Hall–Kier alpha value is -2.69.